The highest BCUT2D eigenvalue weighted by atomic mass is 35.5. The minimum Gasteiger partial charge on any atom is -0.365 e. The minimum atomic E-state index is -0.339. The molecule has 0 saturated carbocycles. The van der Waals surface area contributed by atoms with Gasteiger partial charge in [-0.25, -0.2) is 9.37 Å². The molecule has 1 N–H and O–H groups in total. The van der Waals surface area contributed by atoms with Gasteiger partial charge in [0.15, 0.2) is 0 Å². The van der Waals surface area contributed by atoms with Crippen molar-refractivity contribution in [2.75, 3.05) is 5.32 Å². The molecule has 0 spiro atoms. The molecule has 1 aliphatic carbocycles. The van der Waals surface area contributed by atoms with Gasteiger partial charge in [0.05, 0.1) is 16.4 Å². The van der Waals surface area contributed by atoms with E-state index in [-0.39, 0.29) is 11.1 Å². The average molecular weight is 419 g/mol. The second-order valence-electron chi connectivity index (χ2n) is 6.41. The summed E-state index contributed by atoms with van der Waals surface area (Å²) in [5.74, 6) is 0.832. The Labute approximate surface area is 173 Å². The van der Waals surface area contributed by atoms with Gasteiger partial charge in [-0.15, -0.1) is 11.3 Å². The van der Waals surface area contributed by atoms with E-state index in [9.17, 15) is 4.39 Å². The number of pyridine rings is 1. The molecule has 3 aromatic heterocycles. The Morgan fingerprint density at radius 2 is 2.11 bits per heavy atom. The van der Waals surface area contributed by atoms with E-state index < -0.39 is 0 Å². The number of rotatable bonds is 4. The summed E-state index contributed by atoms with van der Waals surface area (Å²) in [6.07, 6.45) is 10.6. The van der Waals surface area contributed by atoms with Crippen molar-refractivity contribution in [3.63, 3.8) is 0 Å². The van der Waals surface area contributed by atoms with Crippen LogP contribution < -0.4 is 5.32 Å². The number of anilines is 1. The molecular weight excluding hydrogens is 395 g/mol. The highest BCUT2D eigenvalue weighted by molar-refractivity contribution is 7.20. The number of nitrogens with one attached hydrogen (secondary N) is 1. The highest BCUT2D eigenvalue weighted by Gasteiger charge is 2.22. The number of halogens is 2. The van der Waals surface area contributed by atoms with Crippen LogP contribution in [0.3, 0.4) is 0 Å². The molecule has 1 unspecified atom stereocenters. The van der Waals surface area contributed by atoms with Crippen LogP contribution in [0, 0.1) is 12.7 Å². The predicted molar refractivity (Wildman–Crippen MR) is 116 cm³/mol. The minimum absolute atomic E-state index is 0.200. The first-order chi connectivity index (χ1) is 13.6. The second kappa shape index (κ2) is 9.43. The van der Waals surface area contributed by atoms with Crippen LogP contribution in [0.15, 0.2) is 30.6 Å². The number of fused-ring (bicyclic) bond motifs is 1. The Morgan fingerprint density at radius 3 is 2.82 bits per heavy atom. The SMILES string of the molecule is CC.Cc1c(C2CC=CCC2)sc2c(NCc3ccncc3F)nc(Cl)nc12. The molecule has 1 aliphatic rings. The summed E-state index contributed by atoms with van der Waals surface area (Å²) < 4.78 is 14.8. The molecule has 0 amide bonds. The molecule has 1 atom stereocenters. The molecule has 0 bridgehead atoms. The van der Waals surface area contributed by atoms with E-state index in [2.05, 4.69) is 39.3 Å². The Bertz CT molecular complexity index is 986. The fourth-order valence-electron chi connectivity index (χ4n) is 3.34. The molecule has 28 heavy (non-hydrogen) atoms. The van der Waals surface area contributed by atoms with Crippen molar-refractivity contribution in [2.45, 2.75) is 52.5 Å². The third-order valence-corrected chi connectivity index (χ3v) is 6.34. The summed E-state index contributed by atoms with van der Waals surface area (Å²) in [7, 11) is 0. The van der Waals surface area contributed by atoms with Crippen LogP contribution in [0.5, 0.6) is 0 Å². The molecular formula is C21H24ClFN4S. The fourth-order valence-corrected chi connectivity index (χ4v) is 4.87. The molecule has 0 saturated heterocycles. The quantitative estimate of drug-likeness (QED) is 0.380. The van der Waals surface area contributed by atoms with E-state index >= 15 is 0 Å². The van der Waals surface area contributed by atoms with Gasteiger partial charge < -0.3 is 5.32 Å². The Balaban J connectivity index is 0.00000109. The Kier molecular flexibility index (Phi) is 6.97. The fraction of sp³-hybridized carbons (Fsp3) is 0.381. The van der Waals surface area contributed by atoms with Crippen LogP contribution in [0.4, 0.5) is 10.2 Å². The van der Waals surface area contributed by atoms with Crippen LogP contribution in [0.1, 0.15) is 55.0 Å². The number of aryl methyl sites for hydroxylation is 1. The number of nitrogens with zero attached hydrogens (tertiary/aromatic N) is 3. The molecule has 7 heteroatoms. The van der Waals surface area contributed by atoms with Gasteiger partial charge in [0.1, 0.15) is 11.6 Å². The zero-order valence-electron chi connectivity index (χ0n) is 16.3. The van der Waals surface area contributed by atoms with Gasteiger partial charge in [0.25, 0.3) is 0 Å². The summed E-state index contributed by atoms with van der Waals surface area (Å²) >= 11 is 7.87. The molecule has 4 rings (SSSR count). The summed E-state index contributed by atoms with van der Waals surface area (Å²) in [5.41, 5.74) is 2.60. The van der Waals surface area contributed by atoms with Crippen molar-refractivity contribution in [3.05, 3.63) is 57.7 Å². The van der Waals surface area contributed by atoms with Crippen molar-refractivity contribution in [3.8, 4) is 0 Å². The van der Waals surface area contributed by atoms with Crippen LogP contribution in [0.25, 0.3) is 10.2 Å². The number of allylic oxidation sites excluding steroid dienone is 2. The smallest absolute Gasteiger partial charge is 0.224 e. The Hall–Kier alpha value is -2.05. The number of aromatic nitrogens is 3. The van der Waals surface area contributed by atoms with Gasteiger partial charge in [-0.2, -0.15) is 4.98 Å². The Morgan fingerprint density at radius 1 is 1.29 bits per heavy atom. The summed E-state index contributed by atoms with van der Waals surface area (Å²) in [4.78, 5) is 13.9. The summed E-state index contributed by atoms with van der Waals surface area (Å²) in [6, 6.07) is 1.65. The van der Waals surface area contributed by atoms with E-state index in [0.717, 1.165) is 29.5 Å². The third-order valence-electron chi connectivity index (χ3n) is 4.72. The van der Waals surface area contributed by atoms with Crippen LogP contribution in [-0.4, -0.2) is 15.0 Å². The molecule has 0 aliphatic heterocycles. The van der Waals surface area contributed by atoms with Gasteiger partial charge >= 0.3 is 0 Å². The van der Waals surface area contributed by atoms with E-state index in [1.54, 1.807) is 23.6 Å². The van der Waals surface area contributed by atoms with E-state index in [1.165, 1.54) is 16.6 Å². The van der Waals surface area contributed by atoms with Crippen LogP contribution >= 0.6 is 22.9 Å². The molecule has 0 aromatic carbocycles. The maximum absolute atomic E-state index is 13.8. The molecule has 148 valence electrons. The lowest BCUT2D eigenvalue weighted by Crippen LogP contribution is -2.04. The molecule has 4 nitrogen and oxygen atoms in total. The monoisotopic (exact) mass is 418 g/mol. The van der Waals surface area contributed by atoms with Gasteiger partial charge in [0, 0.05) is 23.2 Å². The van der Waals surface area contributed by atoms with E-state index in [1.807, 2.05) is 13.8 Å². The maximum atomic E-state index is 13.8. The van der Waals surface area contributed by atoms with Gasteiger partial charge in [-0.3, -0.25) is 4.98 Å². The van der Waals surface area contributed by atoms with Crippen molar-refractivity contribution in [1.82, 2.24) is 15.0 Å². The lowest BCUT2D eigenvalue weighted by molar-refractivity contribution is 0.606. The van der Waals surface area contributed by atoms with Crippen molar-refractivity contribution in [2.24, 2.45) is 0 Å². The van der Waals surface area contributed by atoms with Crippen molar-refractivity contribution in [1.29, 1.82) is 0 Å². The zero-order valence-corrected chi connectivity index (χ0v) is 17.9. The van der Waals surface area contributed by atoms with Crippen molar-refractivity contribution >= 4 is 39.0 Å². The van der Waals surface area contributed by atoms with E-state index in [0.29, 0.717) is 23.8 Å². The van der Waals surface area contributed by atoms with E-state index in [4.69, 9.17) is 11.6 Å². The number of hydrogen-bond acceptors (Lipinski definition) is 5. The average Bonchev–Trinajstić information content (AvgIpc) is 3.06. The molecule has 0 radical (unpaired) electrons. The first-order valence-corrected chi connectivity index (χ1v) is 10.8. The molecule has 3 heterocycles. The molecule has 0 fully saturated rings. The van der Waals surface area contributed by atoms with Crippen LogP contribution in [0.2, 0.25) is 5.28 Å². The number of thiophene rings is 1. The second-order valence-corrected chi connectivity index (χ2v) is 7.80. The molecule has 3 aromatic rings. The first-order valence-electron chi connectivity index (χ1n) is 9.57. The van der Waals surface area contributed by atoms with Gasteiger partial charge in [-0.1, -0.05) is 26.0 Å². The lowest BCUT2D eigenvalue weighted by Gasteiger charge is -2.16. The largest absolute Gasteiger partial charge is 0.365 e. The normalized spacial score (nSPS) is 16.0. The standard InChI is InChI=1S/C19H18ClFN4S.C2H6/c1-11-15-17(26-16(11)12-5-3-2-4-6-12)18(25-19(20)24-15)23-9-13-7-8-22-10-14(13)21;1-2/h2-3,7-8,10,12H,4-6,9H2,1H3,(H,23,24,25);1-2H3. The van der Waals surface area contributed by atoms with Gasteiger partial charge in [-0.05, 0) is 55.3 Å². The topological polar surface area (TPSA) is 50.7 Å². The summed E-state index contributed by atoms with van der Waals surface area (Å²) in [6.45, 7) is 6.41. The first kappa shape index (κ1) is 20.7. The third kappa shape index (κ3) is 4.33. The lowest BCUT2D eigenvalue weighted by atomic mass is 9.91. The predicted octanol–water partition coefficient (Wildman–Crippen LogP) is 6.65. The highest BCUT2D eigenvalue weighted by Crippen LogP contribution is 2.42. The van der Waals surface area contributed by atoms with Gasteiger partial charge in [0.2, 0.25) is 5.28 Å². The van der Waals surface area contributed by atoms with Crippen LogP contribution in [-0.2, 0) is 6.54 Å². The maximum Gasteiger partial charge on any atom is 0.224 e. The number of hydrogen-bond donors (Lipinski definition) is 1. The zero-order chi connectivity index (χ0) is 20.1. The summed E-state index contributed by atoms with van der Waals surface area (Å²) in [5, 5.41) is 3.42. The van der Waals surface area contributed by atoms with Crippen molar-refractivity contribution < 1.29 is 4.39 Å².